The van der Waals surface area contributed by atoms with Gasteiger partial charge >= 0.3 is 0 Å². The monoisotopic (exact) mass is 276 g/mol. The quantitative estimate of drug-likeness (QED) is 0.802. The predicted molar refractivity (Wildman–Crippen MR) is 80.4 cm³/mol. The van der Waals surface area contributed by atoms with E-state index in [0.717, 1.165) is 9.79 Å². The van der Waals surface area contributed by atoms with E-state index >= 15 is 0 Å². The molecule has 0 heterocycles. The maximum absolute atomic E-state index is 10.0. The number of hydrogen-bond acceptors (Lipinski definition) is 2. The van der Waals surface area contributed by atoms with E-state index in [1.807, 2.05) is 36.4 Å². The zero-order valence-electron chi connectivity index (χ0n) is 10.5. The van der Waals surface area contributed by atoms with Gasteiger partial charge in [-0.3, -0.25) is 0 Å². The Hall–Kier alpha value is -1.35. The van der Waals surface area contributed by atoms with Gasteiger partial charge in [-0.2, -0.15) is 3.77 Å². The van der Waals surface area contributed by atoms with Gasteiger partial charge in [0.25, 0.3) is 0 Å². The fourth-order valence-corrected chi connectivity index (χ4v) is 4.75. The van der Waals surface area contributed by atoms with Crippen LogP contribution in [-0.2, 0) is 10.7 Å². The summed E-state index contributed by atoms with van der Waals surface area (Å²) in [5.74, 6) is 0. The molecule has 0 aliphatic carbocycles. The highest BCUT2D eigenvalue weighted by Crippen LogP contribution is 2.30. The summed E-state index contributed by atoms with van der Waals surface area (Å²) in [6.07, 6.45) is 3.58. The van der Waals surface area contributed by atoms with E-state index in [9.17, 15) is 4.61 Å². The first-order valence-electron chi connectivity index (χ1n) is 5.59. The Morgan fingerprint density at radius 3 is 1.56 bits per heavy atom. The lowest BCUT2D eigenvalue weighted by Gasteiger charge is -2.10. The molecule has 0 aromatic heterocycles. The van der Waals surface area contributed by atoms with Gasteiger partial charge in [-0.15, -0.1) is 0 Å². The highest BCUT2D eigenvalue weighted by molar-refractivity contribution is 8.22. The summed E-state index contributed by atoms with van der Waals surface area (Å²) in [7, 11) is -2.29. The van der Waals surface area contributed by atoms with Crippen LogP contribution in [0.5, 0.6) is 0 Å². The molecule has 2 nitrogen and oxygen atoms in total. The van der Waals surface area contributed by atoms with Gasteiger partial charge in [-0.25, -0.2) is 4.61 Å². The lowest BCUT2D eigenvalue weighted by Crippen LogP contribution is -1.93. The van der Waals surface area contributed by atoms with Crippen molar-refractivity contribution in [3.8, 4) is 0 Å². The van der Waals surface area contributed by atoms with Gasteiger partial charge in [0.2, 0.25) is 0 Å². The van der Waals surface area contributed by atoms with Crippen molar-refractivity contribution < 1.29 is 0 Å². The molecule has 0 unspecified atom stereocenters. The summed E-state index contributed by atoms with van der Waals surface area (Å²) in [5.41, 5.74) is 0. The summed E-state index contributed by atoms with van der Waals surface area (Å²) in [5, 5.41) is 0. The second-order valence-electron chi connectivity index (χ2n) is 4.21. The normalized spacial score (nSPS) is 11.4. The lowest BCUT2D eigenvalue weighted by atomic mass is 10.4. The SMILES string of the molecule is CS(C)(#N)N=S(c1ccccc1)c1ccccc1. The van der Waals surface area contributed by atoms with Crippen LogP contribution in [0.2, 0.25) is 0 Å². The van der Waals surface area contributed by atoms with E-state index in [4.69, 9.17) is 0 Å². The van der Waals surface area contributed by atoms with Gasteiger partial charge in [0, 0.05) is 32.1 Å². The average Bonchev–Trinajstić information content (AvgIpc) is 2.37. The van der Waals surface area contributed by atoms with Crippen molar-refractivity contribution in [2.45, 2.75) is 9.79 Å². The van der Waals surface area contributed by atoms with Crippen LogP contribution in [0.4, 0.5) is 0 Å². The molecule has 4 heteroatoms. The second kappa shape index (κ2) is 5.53. The highest BCUT2D eigenvalue weighted by atomic mass is 32.3. The Balaban J connectivity index is 2.58. The molecule has 0 aliphatic heterocycles. The first-order chi connectivity index (χ1) is 8.56. The van der Waals surface area contributed by atoms with Crippen molar-refractivity contribution in [1.29, 1.82) is 4.61 Å². The van der Waals surface area contributed by atoms with E-state index in [-0.39, 0.29) is 0 Å². The number of nitrogens with zero attached hydrogens (tertiary/aromatic N) is 2. The zero-order chi connectivity index (χ0) is 13.0. The minimum Gasteiger partial charge on any atom is -0.208 e. The summed E-state index contributed by atoms with van der Waals surface area (Å²) >= 11 is 0. The van der Waals surface area contributed by atoms with Crippen LogP contribution < -0.4 is 0 Å². The number of hydrogen-bond donors (Lipinski definition) is 0. The largest absolute Gasteiger partial charge is 0.208 e. The highest BCUT2D eigenvalue weighted by Gasteiger charge is 2.07. The zero-order valence-corrected chi connectivity index (χ0v) is 12.1. The van der Waals surface area contributed by atoms with E-state index < -0.39 is 20.5 Å². The fourth-order valence-electron chi connectivity index (χ4n) is 1.50. The van der Waals surface area contributed by atoms with E-state index in [1.54, 1.807) is 12.5 Å². The van der Waals surface area contributed by atoms with Gasteiger partial charge in [0.15, 0.2) is 0 Å². The first kappa shape index (κ1) is 13.1. The Labute approximate surface area is 112 Å². The molecule has 0 spiro atoms. The van der Waals surface area contributed by atoms with Crippen molar-refractivity contribution in [3.63, 3.8) is 0 Å². The molecule has 0 atom stereocenters. The molecule has 0 aliphatic rings. The molecule has 0 saturated heterocycles. The van der Waals surface area contributed by atoms with Crippen molar-refractivity contribution in [2.75, 3.05) is 12.5 Å². The predicted octanol–water partition coefficient (Wildman–Crippen LogP) is 4.37. The van der Waals surface area contributed by atoms with Gasteiger partial charge in [-0.1, -0.05) is 36.4 Å². The maximum atomic E-state index is 10.0. The minimum absolute atomic E-state index is 0.409. The molecule has 0 amide bonds. The molecule has 0 fully saturated rings. The number of benzene rings is 2. The summed E-state index contributed by atoms with van der Waals surface area (Å²) in [6.45, 7) is 0. The van der Waals surface area contributed by atoms with E-state index in [0.29, 0.717) is 0 Å². The topological polar surface area (TPSA) is 36.1 Å². The average molecular weight is 276 g/mol. The molecule has 94 valence electrons. The van der Waals surface area contributed by atoms with Gasteiger partial charge in [0.1, 0.15) is 0 Å². The van der Waals surface area contributed by atoms with E-state index in [1.165, 1.54) is 0 Å². The van der Waals surface area contributed by atoms with Crippen LogP contribution in [0.15, 0.2) is 74.2 Å². The van der Waals surface area contributed by atoms with Gasteiger partial charge in [-0.05, 0) is 35.0 Å². The summed E-state index contributed by atoms with van der Waals surface area (Å²) in [4.78, 5) is 2.27. The van der Waals surface area contributed by atoms with Crippen LogP contribution in [0.25, 0.3) is 0 Å². The van der Waals surface area contributed by atoms with Crippen molar-refractivity contribution in [2.24, 2.45) is 3.77 Å². The summed E-state index contributed by atoms with van der Waals surface area (Å²) in [6, 6.07) is 20.3. The van der Waals surface area contributed by atoms with Gasteiger partial charge in [0.05, 0.1) is 0 Å². The molecule has 0 bridgehead atoms. The lowest BCUT2D eigenvalue weighted by molar-refractivity contribution is 1.38. The van der Waals surface area contributed by atoms with Crippen LogP contribution >= 0.6 is 9.84 Å². The standard InChI is InChI=1S/C14H16N2S2/c1-18(2,15)16-17(13-9-5-3-6-10-13)14-11-7-4-8-12-14/h3-12H,1-2H3. The molecule has 0 saturated carbocycles. The fraction of sp³-hybridized carbons (Fsp3) is 0.143. The molecule has 0 N–H and O–H groups in total. The molecule has 18 heavy (non-hydrogen) atoms. The Kier molecular flexibility index (Phi) is 4.02. The molecule has 2 rings (SSSR count). The van der Waals surface area contributed by atoms with Gasteiger partial charge < -0.3 is 0 Å². The van der Waals surface area contributed by atoms with Crippen LogP contribution in [0.3, 0.4) is 0 Å². The Morgan fingerprint density at radius 1 is 0.833 bits per heavy atom. The molecule has 2 aromatic rings. The van der Waals surface area contributed by atoms with Crippen LogP contribution in [0, 0.1) is 4.61 Å². The third-order valence-corrected chi connectivity index (χ3v) is 5.68. The molecule has 0 radical (unpaired) electrons. The Morgan fingerprint density at radius 2 is 1.22 bits per heavy atom. The minimum atomic E-state index is -1.88. The second-order valence-corrected chi connectivity index (χ2v) is 8.75. The van der Waals surface area contributed by atoms with Crippen LogP contribution in [0.1, 0.15) is 0 Å². The summed E-state index contributed by atoms with van der Waals surface area (Å²) < 4.78 is 14.7. The van der Waals surface area contributed by atoms with Crippen LogP contribution in [-0.4, -0.2) is 12.5 Å². The first-order valence-corrected chi connectivity index (χ1v) is 9.14. The Bertz CT molecular complexity index is 602. The smallest absolute Gasteiger partial charge is 0.0302 e. The molecular weight excluding hydrogens is 260 g/mol. The number of rotatable bonds is 2. The van der Waals surface area contributed by atoms with Crippen molar-refractivity contribution in [1.82, 2.24) is 0 Å². The van der Waals surface area contributed by atoms with E-state index in [2.05, 4.69) is 28.0 Å². The van der Waals surface area contributed by atoms with Crippen molar-refractivity contribution >= 4 is 20.5 Å². The molecular formula is C14H16N2S2. The third kappa shape index (κ3) is 3.57. The third-order valence-electron chi connectivity index (χ3n) is 2.19. The maximum Gasteiger partial charge on any atom is 0.0302 e. The molecule has 2 aromatic carbocycles. The van der Waals surface area contributed by atoms with Crippen molar-refractivity contribution in [3.05, 3.63) is 60.7 Å².